The van der Waals surface area contributed by atoms with Crippen LogP contribution in [-0.2, 0) is 13.6 Å². The van der Waals surface area contributed by atoms with E-state index in [1.165, 1.54) is 12.0 Å². The molecule has 1 unspecified atom stereocenters. The Morgan fingerprint density at radius 1 is 1.67 bits per heavy atom. The van der Waals surface area contributed by atoms with Crippen LogP contribution in [0, 0.1) is 0 Å². The van der Waals surface area contributed by atoms with E-state index >= 15 is 0 Å². The predicted octanol–water partition coefficient (Wildman–Crippen LogP) is 2.25. The number of allylic oxidation sites excluding steroid dienone is 1. The van der Waals surface area contributed by atoms with Crippen molar-refractivity contribution < 1.29 is 0 Å². The van der Waals surface area contributed by atoms with Crippen molar-refractivity contribution in [3.05, 3.63) is 30.6 Å². The van der Waals surface area contributed by atoms with E-state index in [4.69, 9.17) is 0 Å². The minimum absolute atomic E-state index is 0.586. The molecular weight excluding hydrogens is 186 g/mol. The Bertz CT molecular complexity index is 291. The van der Waals surface area contributed by atoms with Crippen molar-refractivity contribution in [1.29, 1.82) is 0 Å². The fourth-order valence-electron chi connectivity index (χ4n) is 1.59. The maximum atomic E-state index is 4.14. The maximum Gasteiger partial charge on any atom is 0.0534 e. The third kappa shape index (κ3) is 4.30. The molecule has 0 saturated carbocycles. The number of aryl methyl sites for hydroxylation is 1. The molecule has 1 heterocycles. The van der Waals surface area contributed by atoms with Crippen LogP contribution in [0.1, 0.15) is 31.7 Å². The Hall–Kier alpha value is -1.09. The summed E-state index contributed by atoms with van der Waals surface area (Å²) in [6.07, 6.45) is 9.35. The molecule has 0 aliphatic heterocycles. The molecule has 0 aliphatic carbocycles. The van der Waals surface area contributed by atoms with E-state index in [-0.39, 0.29) is 0 Å². The van der Waals surface area contributed by atoms with Crippen LogP contribution < -0.4 is 5.32 Å². The molecule has 0 aromatic carbocycles. The fourth-order valence-corrected chi connectivity index (χ4v) is 1.59. The van der Waals surface area contributed by atoms with Gasteiger partial charge in [-0.25, -0.2) is 0 Å². The maximum absolute atomic E-state index is 4.14. The minimum atomic E-state index is 0.586. The number of nitrogens with zero attached hydrogens (tertiary/aromatic N) is 2. The van der Waals surface area contributed by atoms with Gasteiger partial charge in [0.05, 0.1) is 6.20 Å². The average molecular weight is 207 g/mol. The molecule has 0 amide bonds. The van der Waals surface area contributed by atoms with E-state index < -0.39 is 0 Å². The summed E-state index contributed by atoms with van der Waals surface area (Å²) in [7, 11) is 1.94. The summed E-state index contributed by atoms with van der Waals surface area (Å²) < 4.78 is 1.84. The lowest BCUT2D eigenvalue weighted by atomic mass is 10.1. The van der Waals surface area contributed by atoms with Crippen LogP contribution >= 0.6 is 0 Å². The Labute approximate surface area is 92.2 Å². The molecule has 1 aromatic heterocycles. The lowest BCUT2D eigenvalue weighted by Gasteiger charge is -2.15. The van der Waals surface area contributed by atoms with Crippen LogP contribution in [0.25, 0.3) is 0 Å². The molecule has 0 spiro atoms. The van der Waals surface area contributed by atoms with Gasteiger partial charge in [0.15, 0.2) is 0 Å². The van der Waals surface area contributed by atoms with E-state index in [0.717, 1.165) is 19.4 Å². The number of nitrogens with one attached hydrogen (secondary N) is 1. The SMILES string of the molecule is C=CCCC(CC)NCc1cnn(C)c1. The second kappa shape index (κ2) is 6.40. The molecule has 84 valence electrons. The molecule has 1 aromatic rings. The highest BCUT2D eigenvalue weighted by molar-refractivity contribution is 5.03. The largest absolute Gasteiger partial charge is 0.310 e. The highest BCUT2D eigenvalue weighted by atomic mass is 15.2. The van der Waals surface area contributed by atoms with E-state index in [9.17, 15) is 0 Å². The monoisotopic (exact) mass is 207 g/mol. The van der Waals surface area contributed by atoms with Crippen molar-refractivity contribution in [3.8, 4) is 0 Å². The number of rotatable bonds is 7. The zero-order valence-electron chi connectivity index (χ0n) is 9.74. The Balaban J connectivity index is 2.30. The van der Waals surface area contributed by atoms with Gasteiger partial charge in [-0.15, -0.1) is 6.58 Å². The molecule has 1 atom stereocenters. The van der Waals surface area contributed by atoms with Gasteiger partial charge in [0, 0.05) is 31.4 Å². The van der Waals surface area contributed by atoms with Crippen molar-refractivity contribution in [1.82, 2.24) is 15.1 Å². The Morgan fingerprint density at radius 3 is 3.00 bits per heavy atom. The van der Waals surface area contributed by atoms with Crippen LogP contribution in [0.15, 0.2) is 25.0 Å². The van der Waals surface area contributed by atoms with Gasteiger partial charge in [-0.2, -0.15) is 5.10 Å². The van der Waals surface area contributed by atoms with Gasteiger partial charge in [0.2, 0.25) is 0 Å². The van der Waals surface area contributed by atoms with Crippen LogP contribution in [0.2, 0.25) is 0 Å². The standard InChI is InChI=1S/C12H21N3/c1-4-6-7-12(5-2)13-8-11-9-14-15(3)10-11/h4,9-10,12-13H,1,5-8H2,2-3H3. The second-order valence-corrected chi connectivity index (χ2v) is 3.87. The summed E-state index contributed by atoms with van der Waals surface area (Å²) in [5, 5.41) is 7.68. The van der Waals surface area contributed by atoms with Crippen molar-refractivity contribution in [2.24, 2.45) is 7.05 Å². The first-order chi connectivity index (χ1) is 7.26. The Morgan fingerprint density at radius 2 is 2.47 bits per heavy atom. The highest BCUT2D eigenvalue weighted by Gasteiger charge is 2.04. The third-order valence-electron chi connectivity index (χ3n) is 2.57. The van der Waals surface area contributed by atoms with Gasteiger partial charge in [-0.1, -0.05) is 13.0 Å². The van der Waals surface area contributed by atoms with Gasteiger partial charge in [0.1, 0.15) is 0 Å². The molecule has 15 heavy (non-hydrogen) atoms. The molecule has 0 bridgehead atoms. The van der Waals surface area contributed by atoms with E-state index in [2.05, 4.69) is 23.9 Å². The van der Waals surface area contributed by atoms with Gasteiger partial charge in [-0.3, -0.25) is 4.68 Å². The summed E-state index contributed by atoms with van der Waals surface area (Å²) >= 11 is 0. The Kier molecular flexibility index (Phi) is 5.12. The molecule has 3 heteroatoms. The normalized spacial score (nSPS) is 12.7. The third-order valence-corrected chi connectivity index (χ3v) is 2.57. The van der Waals surface area contributed by atoms with Crippen LogP contribution in [0.5, 0.6) is 0 Å². The van der Waals surface area contributed by atoms with E-state index in [1.807, 2.05) is 30.2 Å². The zero-order chi connectivity index (χ0) is 11.1. The van der Waals surface area contributed by atoms with Crippen molar-refractivity contribution in [3.63, 3.8) is 0 Å². The van der Waals surface area contributed by atoms with Gasteiger partial charge in [0.25, 0.3) is 0 Å². The van der Waals surface area contributed by atoms with Gasteiger partial charge >= 0.3 is 0 Å². The molecule has 0 saturated heterocycles. The smallest absolute Gasteiger partial charge is 0.0534 e. The number of aromatic nitrogens is 2. The molecule has 0 radical (unpaired) electrons. The minimum Gasteiger partial charge on any atom is -0.310 e. The molecular formula is C12H21N3. The fraction of sp³-hybridized carbons (Fsp3) is 0.583. The number of hydrogen-bond donors (Lipinski definition) is 1. The zero-order valence-corrected chi connectivity index (χ0v) is 9.74. The van der Waals surface area contributed by atoms with Crippen molar-refractivity contribution >= 4 is 0 Å². The van der Waals surface area contributed by atoms with Crippen LogP contribution in [0.3, 0.4) is 0 Å². The molecule has 1 N–H and O–H groups in total. The first kappa shape index (κ1) is 12.0. The van der Waals surface area contributed by atoms with E-state index in [0.29, 0.717) is 6.04 Å². The summed E-state index contributed by atoms with van der Waals surface area (Å²) in [6, 6.07) is 0.586. The second-order valence-electron chi connectivity index (χ2n) is 3.87. The lowest BCUT2D eigenvalue weighted by Crippen LogP contribution is -2.27. The molecule has 0 fully saturated rings. The van der Waals surface area contributed by atoms with Crippen LogP contribution in [-0.4, -0.2) is 15.8 Å². The van der Waals surface area contributed by atoms with Crippen LogP contribution in [0.4, 0.5) is 0 Å². The first-order valence-electron chi connectivity index (χ1n) is 5.58. The van der Waals surface area contributed by atoms with Crippen molar-refractivity contribution in [2.45, 2.75) is 38.8 Å². The molecule has 1 rings (SSSR count). The molecule has 0 aliphatic rings. The van der Waals surface area contributed by atoms with Gasteiger partial charge in [-0.05, 0) is 19.3 Å². The summed E-state index contributed by atoms with van der Waals surface area (Å²) in [5.41, 5.74) is 1.24. The molecule has 3 nitrogen and oxygen atoms in total. The topological polar surface area (TPSA) is 29.9 Å². The van der Waals surface area contributed by atoms with Crippen molar-refractivity contribution in [2.75, 3.05) is 0 Å². The average Bonchev–Trinajstić information content (AvgIpc) is 2.65. The quantitative estimate of drug-likeness (QED) is 0.695. The predicted molar refractivity (Wildman–Crippen MR) is 63.6 cm³/mol. The van der Waals surface area contributed by atoms with Gasteiger partial charge < -0.3 is 5.32 Å². The first-order valence-corrected chi connectivity index (χ1v) is 5.58. The summed E-state index contributed by atoms with van der Waals surface area (Å²) in [5.74, 6) is 0. The lowest BCUT2D eigenvalue weighted by molar-refractivity contribution is 0.470. The number of hydrogen-bond acceptors (Lipinski definition) is 2. The van der Waals surface area contributed by atoms with E-state index in [1.54, 1.807) is 0 Å². The summed E-state index contributed by atoms with van der Waals surface area (Å²) in [4.78, 5) is 0. The summed E-state index contributed by atoms with van der Waals surface area (Å²) in [6.45, 7) is 6.87. The highest BCUT2D eigenvalue weighted by Crippen LogP contribution is 2.04.